The number of aryl methyl sites for hydroxylation is 1. The number of carbonyl (C=O) groups excluding carboxylic acids is 2. The summed E-state index contributed by atoms with van der Waals surface area (Å²) in [6.45, 7) is 2.29. The second-order valence-corrected chi connectivity index (χ2v) is 4.91. The number of nitro benzene ring substituents is 1. The standard InChI is InChI=1S/C14H15N5O6/c1-3-4-18-12(15-16-17-18)8-25-14(21)10-5-9(13(20)24-2)6-11(7-10)19(22)23/h5-7H,3-4,8H2,1-2H3. The number of carbonyl (C=O) groups is 2. The Balaban J connectivity index is 2.20. The molecule has 25 heavy (non-hydrogen) atoms. The Morgan fingerprint density at radius 1 is 1.24 bits per heavy atom. The lowest BCUT2D eigenvalue weighted by molar-refractivity contribution is -0.384. The second-order valence-electron chi connectivity index (χ2n) is 4.91. The van der Waals surface area contributed by atoms with Gasteiger partial charge in [-0.1, -0.05) is 6.92 Å². The van der Waals surface area contributed by atoms with E-state index in [0.717, 1.165) is 31.7 Å². The van der Waals surface area contributed by atoms with Gasteiger partial charge in [0.1, 0.15) is 0 Å². The van der Waals surface area contributed by atoms with E-state index in [4.69, 9.17) is 4.74 Å². The molecule has 0 amide bonds. The van der Waals surface area contributed by atoms with Crippen LogP contribution in [0.25, 0.3) is 0 Å². The van der Waals surface area contributed by atoms with Gasteiger partial charge in [0.15, 0.2) is 12.4 Å². The molecule has 0 bridgehead atoms. The number of rotatable bonds is 7. The number of nitrogens with zero attached hydrogens (tertiary/aromatic N) is 5. The number of hydrogen-bond donors (Lipinski definition) is 0. The molecule has 0 unspecified atom stereocenters. The molecule has 0 spiro atoms. The molecule has 132 valence electrons. The van der Waals surface area contributed by atoms with Crippen LogP contribution in [0.2, 0.25) is 0 Å². The summed E-state index contributed by atoms with van der Waals surface area (Å²) in [6, 6.07) is 3.20. The number of ether oxygens (including phenoxy) is 2. The monoisotopic (exact) mass is 349 g/mol. The quantitative estimate of drug-likeness (QED) is 0.409. The van der Waals surface area contributed by atoms with Crippen LogP contribution in [0, 0.1) is 10.1 Å². The van der Waals surface area contributed by atoms with Gasteiger partial charge in [0.05, 0.1) is 23.2 Å². The summed E-state index contributed by atoms with van der Waals surface area (Å²) in [5.74, 6) is -1.31. The molecule has 0 saturated heterocycles. The number of benzene rings is 1. The van der Waals surface area contributed by atoms with Gasteiger partial charge in [0, 0.05) is 18.7 Å². The zero-order chi connectivity index (χ0) is 18.4. The Labute approximate surface area is 141 Å². The Morgan fingerprint density at radius 2 is 1.92 bits per heavy atom. The fourth-order valence-corrected chi connectivity index (χ4v) is 2.00. The molecule has 1 heterocycles. The minimum atomic E-state index is -0.847. The number of non-ortho nitro benzene ring substituents is 1. The molecule has 11 nitrogen and oxygen atoms in total. The molecule has 2 rings (SSSR count). The number of methoxy groups -OCH3 is 1. The lowest BCUT2D eigenvalue weighted by Crippen LogP contribution is -2.12. The average Bonchev–Trinajstić information content (AvgIpc) is 3.06. The molecule has 0 radical (unpaired) electrons. The highest BCUT2D eigenvalue weighted by Crippen LogP contribution is 2.19. The van der Waals surface area contributed by atoms with Crippen LogP contribution in [0.4, 0.5) is 5.69 Å². The van der Waals surface area contributed by atoms with E-state index in [9.17, 15) is 19.7 Å². The van der Waals surface area contributed by atoms with E-state index in [1.807, 2.05) is 6.92 Å². The fraction of sp³-hybridized carbons (Fsp3) is 0.357. The van der Waals surface area contributed by atoms with Gasteiger partial charge in [-0.3, -0.25) is 10.1 Å². The minimum absolute atomic E-state index is 0.125. The van der Waals surface area contributed by atoms with Crippen LogP contribution in [-0.2, 0) is 22.6 Å². The predicted octanol–water partition coefficient (Wildman–Crippen LogP) is 1.13. The highest BCUT2D eigenvalue weighted by atomic mass is 16.6. The van der Waals surface area contributed by atoms with Crippen LogP contribution < -0.4 is 0 Å². The second kappa shape index (κ2) is 7.95. The number of nitro groups is 1. The summed E-state index contributed by atoms with van der Waals surface area (Å²) < 4.78 is 11.1. The first-order valence-electron chi connectivity index (χ1n) is 7.26. The first-order chi connectivity index (χ1) is 12.0. The van der Waals surface area contributed by atoms with Gasteiger partial charge in [-0.05, 0) is 22.9 Å². The van der Waals surface area contributed by atoms with Crippen LogP contribution in [0.5, 0.6) is 0 Å². The molecule has 0 aliphatic heterocycles. The van der Waals surface area contributed by atoms with E-state index in [2.05, 4.69) is 20.3 Å². The molecular weight excluding hydrogens is 334 g/mol. The number of hydrogen-bond acceptors (Lipinski definition) is 9. The normalized spacial score (nSPS) is 10.3. The van der Waals surface area contributed by atoms with Crippen LogP contribution >= 0.6 is 0 Å². The van der Waals surface area contributed by atoms with Crippen molar-refractivity contribution in [1.29, 1.82) is 0 Å². The molecule has 0 aliphatic carbocycles. The summed E-state index contributed by atoms with van der Waals surface area (Å²) in [5.41, 5.74) is -0.700. The molecule has 11 heteroatoms. The van der Waals surface area contributed by atoms with Crippen molar-refractivity contribution in [3.63, 3.8) is 0 Å². The third-order valence-electron chi connectivity index (χ3n) is 3.16. The van der Waals surface area contributed by atoms with E-state index < -0.39 is 22.5 Å². The average molecular weight is 349 g/mol. The summed E-state index contributed by atoms with van der Waals surface area (Å²) in [7, 11) is 1.13. The molecule has 1 aromatic carbocycles. The van der Waals surface area contributed by atoms with Gasteiger partial charge in [-0.15, -0.1) is 5.10 Å². The highest BCUT2D eigenvalue weighted by molar-refractivity contribution is 5.96. The maximum absolute atomic E-state index is 12.2. The lowest BCUT2D eigenvalue weighted by Gasteiger charge is -2.06. The lowest BCUT2D eigenvalue weighted by atomic mass is 10.1. The summed E-state index contributed by atoms with van der Waals surface area (Å²) in [4.78, 5) is 34.0. The van der Waals surface area contributed by atoms with Gasteiger partial charge in [0.25, 0.3) is 5.69 Å². The van der Waals surface area contributed by atoms with Crippen molar-refractivity contribution in [1.82, 2.24) is 20.2 Å². The third-order valence-corrected chi connectivity index (χ3v) is 3.16. The Morgan fingerprint density at radius 3 is 2.52 bits per heavy atom. The molecule has 0 N–H and O–H groups in total. The molecule has 2 aromatic rings. The maximum atomic E-state index is 12.2. The smallest absolute Gasteiger partial charge is 0.338 e. The third kappa shape index (κ3) is 4.34. The Hall–Kier alpha value is -3.37. The van der Waals surface area contributed by atoms with Gasteiger partial charge in [-0.2, -0.15) is 0 Å². The van der Waals surface area contributed by atoms with Gasteiger partial charge >= 0.3 is 11.9 Å². The molecule has 1 aromatic heterocycles. The van der Waals surface area contributed by atoms with E-state index in [1.165, 1.54) is 4.68 Å². The minimum Gasteiger partial charge on any atom is -0.465 e. The van der Waals surface area contributed by atoms with Crippen molar-refractivity contribution in [2.45, 2.75) is 26.5 Å². The largest absolute Gasteiger partial charge is 0.465 e. The van der Waals surface area contributed by atoms with Crippen LogP contribution in [0.1, 0.15) is 39.9 Å². The van der Waals surface area contributed by atoms with Crippen molar-refractivity contribution in [2.24, 2.45) is 0 Å². The topological polar surface area (TPSA) is 139 Å². The summed E-state index contributed by atoms with van der Waals surface area (Å²) >= 11 is 0. The van der Waals surface area contributed by atoms with Crippen molar-refractivity contribution in [3.05, 3.63) is 45.3 Å². The van der Waals surface area contributed by atoms with Gasteiger partial charge in [-0.25, -0.2) is 14.3 Å². The van der Waals surface area contributed by atoms with Crippen molar-refractivity contribution in [2.75, 3.05) is 7.11 Å². The van der Waals surface area contributed by atoms with E-state index in [0.29, 0.717) is 12.4 Å². The molecule has 0 aliphatic rings. The van der Waals surface area contributed by atoms with Crippen molar-refractivity contribution in [3.8, 4) is 0 Å². The SMILES string of the molecule is CCCn1nnnc1COC(=O)c1cc(C(=O)OC)cc([N+](=O)[O-])c1. The van der Waals surface area contributed by atoms with E-state index in [1.54, 1.807) is 0 Å². The van der Waals surface area contributed by atoms with E-state index in [-0.39, 0.29) is 17.7 Å². The number of esters is 2. The van der Waals surface area contributed by atoms with Crippen LogP contribution in [-0.4, -0.2) is 44.2 Å². The van der Waals surface area contributed by atoms with Gasteiger partial charge < -0.3 is 9.47 Å². The van der Waals surface area contributed by atoms with Crippen molar-refractivity contribution >= 4 is 17.6 Å². The maximum Gasteiger partial charge on any atom is 0.338 e. The predicted molar refractivity (Wildman–Crippen MR) is 81.7 cm³/mol. The zero-order valence-corrected chi connectivity index (χ0v) is 13.5. The van der Waals surface area contributed by atoms with Crippen LogP contribution in [0.15, 0.2) is 18.2 Å². The molecule has 0 fully saturated rings. The summed E-state index contributed by atoms with van der Waals surface area (Å²) in [5, 5.41) is 22.0. The molecule has 0 atom stereocenters. The van der Waals surface area contributed by atoms with Crippen molar-refractivity contribution < 1.29 is 24.0 Å². The molecule has 0 saturated carbocycles. The molecular formula is C14H15N5O6. The Bertz CT molecular complexity index is 803. The fourth-order valence-electron chi connectivity index (χ4n) is 2.00. The highest BCUT2D eigenvalue weighted by Gasteiger charge is 2.20. The number of aromatic nitrogens is 4. The zero-order valence-electron chi connectivity index (χ0n) is 13.5. The van der Waals surface area contributed by atoms with Gasteiger partial charge in [0.2, 0.25) is 0 Å². The Kier molecular flexibility index (Phi) is 5.71. The first-order valence-corrected chi connectivity index (χ1v) is 7.26. The summed E-state index contributed by atoms with van der Waals surface area (Å²) in [6.07, 6.45) is 0.791. The number of tetrazole rings is 1. The van der Waals surface area contributed by atoms with E-state index >= 15 is 0 Å². The first kappa shape index (κ1) is 18.0. The van der Waals surface area contributed by atoms with Crippen LogP contribution in [0.3, 0.4) is 0 Å².